The van der Waals surface area contributed by atoms with Crippen molar-refractivity contribution in [2.75, 3.05) is 46.5 Å². The van der Waals surface area contributed by atoms with Gasteiger partial charge in [-0.15, -0.1) is 0 Å². The maximum atomic E-state index is 14.3. The molecule has 0 radical (unpaired) electrons. The minimum atomic E-state index is -0.466. The van der Waals surface area contributed by atoms with Gasteiger partial charge in [-0.3, -0.25) is 0 Å². The van der Waals surface area contributed by atoms with Crippen molar-refractivity contribution in [1.29, 1.82) is 0 Å². The molecule has 20 nitrogen and oxygen atoms in total. The average Bonchev–Trinajstić information content (AvgIpc) is 4.29. The molecule has 78 heavy (non-hydrogen) atoms. The fraction of sp³-hybridized carbons (Fsp3) is 0.0769. The fourth-order valence-electron chi connectivity index (χ4n) is 7.63. The van der Waals surface area contributed by atoms with E-state index in [9.17, 15) is 26.3 Å². The SMILES string of the molecule is CN(c1ccccc1F)c1nc2nonc2nc1N(C)c1ccccc1F.CN(c1ccccc1F)c1nc2nonc2nc1Nc1ccccc1F.Fc1ccccc1Cc1nc2nonc2nc1Nc1ccccc1F. The summed E-state index contributed by atoms with van der Waals surface area (Å²) in [5, 5.41) is 27.7. The molecule has 0 spiro atoms. The molecule has 0 aliphatic rings. The second kappa shape index (κ2) is 22.4. The molecule has 2 N–H and O–H groups in total. The molecule has 390 valence electrons. The van der Waals surface area contributed by atoms with Gasteiger partial charge in [0.05, 0.1) is 34.1 Å². The molecule has 0 atom stereocenters. The van der Waals surface area contributed by atoms with Crippen molar-refractivity contribution in [3.8, 4) is 0 Å². The number of para-hydroxylation sites is 5. The summed E-state index contributed by atoms with van der Waals surface area (Å²) < 4.78 is 98.6. The third kappa shape index (κ3) is 10.9. The summed E-state index contributed by atoms with van der Waals surface area (Å²) in [7, 11) is 4.90. The van der Waals surface area contributed by atoms with E-state index < -0.39 is 29.1 Å². The van der Waals surface area contributed by atoms with Crippen molar-refractivity contribution < 1.29 is 40.2 Å². The number of hydrogen-bond acceptors (Lipinski definition) is 20. The number of nitrogens with zero attached hydrogens (tertiary/aromatic N) is 15. The molecule has 0 saturated heterocycles. The van der Waals surface area contributed by atoms with Crippen LogP contribution in [0.2, 0.25) is 0 Å². The largest absolute Gasteiger partial charge is 0.336 e. The van der Waals surface area contributed by atoms with Gasteiger partial charge in [-0.25, -0.2) is 70.1 Å². The molecule has 26 heteroatoms. The Balaban J connectivity index is 0.000000132. The lowest BCUT2D eigenvalue weighted by molar-refractivity contribution is 0.314. The van der Waals surface area contributed by atoms with Gasteiger partial charge in [-0.1, -0.05) is 78.9 Å². The zero-order chi connectivity index (χ0) is 54.3. The van der Waals surface area contributed by atoms with Crippen molar-refractivity contribution in [2.24, 2.45) is 0 Å². The maximum Gasteiger partial charge on any atom is 0.245 e. The normalized spacial score (nSPS) is 10.9. The number of anilines is 10. The molecule has 0 saturated carbocycles. The molecule has 0 unspecified atom stereocenters. The van der Waals surface area contributed by atoms with Gasteiger partial charge in [0, 0.05) is 27.6 Å². The zero-order valence-electron chi connectivity index (χ0n) is 40.8. The Bertz CT molecular complexity index is 3910. The highest BCUT2D eigenvalue weighted by atomic mass is 19.1. The third-order valence-electron chi connectivity index (χ3n) is 11.5. The van der Waals surface area contributed by atoms with Crippen molar-refractivity contribution >= 4 is 91.4 Å². The highest BCUT2D eigenvalue weighted by Crippen LogP contribution is 2.37. The first-order chi connectivity index (χ1) is 37.9. The minimum Gasteiger partial charge on any atom is -0.336 e. The number of halogens is 6. The van der Waals surface area contributed by atoms with E-state index in [1.807, 2.05) is 0 Å². The molecular weight excluding hydrogens is 1020 g/mol. The quantitative estimate of drug-likeness (QED) is 0.108. The fourth-order valence-corrected chi connectivity index (χ4v) is 7.63. The maximum absolute atomic E-state index is 14.3. The Morgan fingerprint density at radius 3 is 1.09 bits per heavy atom. The van der Waals surface area contributed by atoms with E-state index in [1.54, 1.807) is 130 Å². The highest BCUT2D eigenvalue weighted by molar-refractivity contribution is 5.82. The summed E-state index contributed by atoms with van der Waals surface area (Å²) in [5.41, 5.74) is 3.10. The Morgan fingerprint density at radius 1 is 0.346 bits per heavy atom. The van der Waals surface area contributed by atoms with Crippen molar-refractivity contribution in [1.82, 2.24) is 60.8 Å². The lowest BCUT2D eigenvalue weighted by atomic mass is 10.1. The highest BCUT2D eigenvalue weighted by Gasteiger charge is 2.25. The number of benzene rings is 6. The summed E-state index contributed by atoms with van der Waals surface area (Å²) in [5.74, 6) is -1.34. The van der Waals surface area contributed by atoms with Gasteiger partial charge in [0.15, 0.2) is 29.1 Å². The monoisotopic (exact) mass is 1060 g/mol. The first-order valence-electron chi connectivity index (χ1n) is 23.1. The van der Waals surface area contributed by atoms with Crippen molar-refractivity contribution in [3.05, 3.63) is 192 Å². The van der Waals surface area contributed by atoms with Gasteiger partial charge in [0.2, 0.25) is 33.9 Å². The zero-order valence-corrected chi connectivity index (χ0v) is 40.8. The van der Waals surface area contributed by atoms with Gasteiger partial charge in [-0.05, 0) is 103 Å². The second-order valence-corrected chi connectivity index (χ2v) is 16.5. The summed E-state index contributed by atoms with van der Waals surface area (Å²) >= 11 is 0. The average molecular weight is 1060 g/mol. The Labute approximate surface area is 436 Å². The number of fused-ring (bicyclic) bond motifs is 3. The van der Waals surface area contributed by atoms with Crippen molar-refractivity contribution in [3.63, 3.8) is 0 Å². The molecular formula is C52H37F6N17O3. The summed E-state index contributed by atoms with van der Waals surface area (Å²) in [6.45, 7) is 0. The molecule has 0 aliphatic carbocycles. The van der Waals surface area contributed by atoms with Crippen LogP contribution in [0.5, 0.6) is 0 Å². The van der Waals surface area contributed by atoms with E-state index >= 15 is 0 Å². The van der Waals surface area contributed by atoms with Crippen LogP contribution >= 0.6 is 0 Å². The van der Waals surface area contributed by atoms with Crippen LogP contribution in [0.1, 0.15) is 11.3 Å². The van der Waals surface area contributed by atoms with Gasteiger partial charge < -0.3 is 25.3 Å². The molecule has 12 rings (SSSR count). The van der Waals surface area contributed by atoms with Gasteiger partial charge in [0.1, 0.15) is 34.9 Å². The Kier molecular flexibility index (Phi) is 14.6. The van der Waals surface area contributed by atoms with Crippen LogP contribution in [0.25, 0.3) is 33.9 Å². The van der Waals surface area contributed by atoms with Crippen LogP contribution in [-0.2, 0) is 6.42 Å². The molecule has 0 bridgehead atoms. The number of aromatic nitrogens is 12. The molecule has 0 fully saturated rings. The molecule has 0 amide bonds. The molecule has 6 heterocycles. The van der Waals surface area contributed by atoms with Crippen LogP contribution in [0.15, 0.2) is 159 Å². The summed E-state index contributed by atoms with van der Waals surface area (Å²) in [4.78, 5) is 30.5. The first kappa shape index (κ1) is 50.9. The van der Waals surface area contributed by atoms with Crippen LogP contribution < -0.4 is 25.3 Å². The van der Waals surface area contributed by atoms with Gasteiger partial charge in [-0.2, -0.15) is 0 Å². The van der Waals surface area contributed by atoms with Crippen LogP contribution in [0.4, 0.5) is 83.9 Å². The van der Waals surface area contributed by atoms with Crippen molar-refractivity contribution in [2.45, 2.75) is 6.42 Å². The molecule has 12 aromatic rings. The second-order valence-electron chi connectivity index (χ2n) is 16.5. The lowest BCUT2D eigenvalue weighted by Gasteiger charge is -2.26. The predicted molar refractivity (Wildman–Crippen MR) is 274 cm³/mol. The third-order valence-corrected chi connectivity index (χ3v) is 11.5. The van der Waals surface area contributed by atoms with Gasteiger partial charge in [0.25, 0.3) is 0 Å². The van der Waals surface area contributed by atoms with E-state index in [2.05, 4.69) is 85.4 Å². The van der Waals surface area contributed by atoms with E-state index in [1.165, 1.54) is 51.1 Å². The van der Waals surface area contributed by atoms with E-state index in [-0.39, 0.29) is 104 Å². The van der Waals surface area contributed by atoms with Crippen LogP contribution in [0, 0.1) is 34.9 Å². The van der Waals surface area contributed by atoms with E-state index in [0.717, 1.165) is 0 Å². The topological polar surface area (TPSA) is 228 Å². The molecule has 6 aromatic heterocycles. The van der Waals surface area contributed by atoms with Crippen LogP contribution in [0.3, 0.4) is 0 Å². The van der Waals surface area contributed by atoms with Crippen LogP contribution in [-0.4, -0.2) is 82.0 Å². The Hall–Kier alpha value is -10.7. The van der Waals surface area contributed by atoms with Gasteiger partial charge >= 0.3 is 0 Å². The summed E-state index contributed by atoms with van der Waals surface area (Å²) in [6, 6.07) is 37.3. The minimum absolute atomic E-state index is 0.148. The number of hydrogen-bond donors (Lipinski definition) is 2. The van der Waals surface area contributed by atoms with E-state index in [0.29, 0.717) is 11.3 Å². The summed E-state index contributed by atoms with van der Waals surface area (Å²) in [6.07, 6.45) is 0.152. The first-order valence-corrected chi connectivity index (χ1v) is 23.1. The Morgan fingerprint density at radius 2 is 0.667 bits per heavy atom. The standard InChI is InChI=1S/C18H14F2N6O.C17H12F2N6O.C17H11F2N5O/c1-25(13-9-5-3-7-11(13)19)17-18(22-16-15(21-17)23-27-24-16)26(2)14-10-6-4-8-12(14)20;1-25(13-9-5-3-7-11(13)19)17-16(20-12-8-4-2-6-10(12)18)21-14-15(22-17)24-26-23-14;18-11-6-2-1-5-10(11)9-14-15(20-13-8-4-3-7-12(13)19)22-17-16(21-14)23-25-24-17/h3-10H,1-2H3;2-9H,1H3,(H,20,21,23);1-8H,9H2,(H,20,22,24). The van der Waals surface area contributed by atoms with E-state index in [4.69, 9.17) is 0 Å². The molecule has 0 aliphatic heterocycles. The lowest BCUT2D eigenvalue weighted by Crippen LogP contribution is -2.21. The number of rotatable bonds is 12. The molecule has 6 aromatic carbocycles. The predicted octanol–water partition coefficient (Wildman–Crippen LogP) is 11.3. The number of nitrogens with one attached hydrogen (secondary N) is 2. The smallest absolute Gasteiger partial charge is 0.245 e.